The van der Waals surface area contributed by atoms with Crippen molar-refractivity contribution in [2.75, 3.05) is 11.9 Å². The predicted octanol–water partition coefficient (Wildman–Crippen LogP) is 7.34. The lowest BCUT2D eigenvalue weighted by molar-refractivity contribution is -0.123. The van der Waals surface area contributed by atoms with Crippen LogP contribution in [-0.2, 0) is 6.42 Å². The van der Waals surface area contributed by atoms with Crippen LogP contribution in [0.4, 0.5) is 19.0 Å². The molecular formula is C28H43F3N4. The van der Waals surface area contributed by atoms with Crippen LogP contribution >= 0.6 is 0 Å². The van der Waals surface area contributed by atoms with Crippen LogP contribution in [0.1, 0.15) is 71.8 Å². The number of hydrogen-bond donors (Lipinski definition) is 3. The van der Waals surface area contributed by atoms with Gasteiger partial charge in [-0.3, -0.25) is 0 Å². The van der Waals surface area contributed by atoms with Crippen molar-refractivity contribution in [2.45, 2.75) is 84.9 Å². The van der Waals surface area contributed by atoms with Crippen LogP contribution in [0.25, 0.3) is 0 Å². The average molecular weight is 493 g/mol. The van der Waals surface area contributed by atoms with E-state index in [1.165, 1.54) is 12.8 Å². The SMILES string of the molecule is C=C(CCc1ccnc(NC(=C)[C@@H](NC(=C)CC(C)(C)C)C2CCC(C)CC2)c1)NCC(F)(F)F. The van der Waals surface area contributed by atoms with E-state index in [2.05, 4.69) is 68.4 Å². The molecule has 1 atom stereocenters. The summed E-state index contributed by atoms with van der Waals surface area (Å²) in [5.41, 5.74) is 3.35. The van der Waals surface area contributed by atoms with Gasteiger partial charge < -0.3 is 16.0 Å². The highest BCUT2D eigenvalue weighted by Crippen LogP contribution is 2.34. The van der Waals surface area contributed by atoms with Crippen LogP contribution < -0.4 is 16.0 Å². The van der Waals surface area contributed by atoms with Crippen LogP contribution in [-0.4, -0.2) is 23.7 Å². The second kappa shape index (κ2) is 12.5. The summed E-state index contributed by atoms with van der Waals surface area (Å²) in [6.07, 6.45) is 4.01. The fourth-order valence-corrected chi connectivity index (χ4v) is 4.57. The second-order valence-corrected chi connectivity index (χ2v) is 11.3. The lowest BCUT2D eigenvalue weighted by Gasteiger charge is -2.36. The molecule has 1 aromatic rings. The van der Waals surface area contributed by atoms with Crippen molar-refractivity contribution in [3.8, 4) is 0 Å². The third-order valence-electron chi connectivity index (χ3n) is 6.38. The van der Waals surface area contributed by atoms with Gasteiger partial charge >= 0.3 is 6.18 Å². The van der Waals surface area contributed by atoms with Crippen LogP contribution in [0.2, 0.25) is 0 Å². The fourth-order valence-electron chi connectivity index (χ4n) is 4.57. The first-order valence-corrected chi connectivity index (χ1v) is 12.6. The Hall–Kier alpha value is -2.44. The summed E-state index contributed by atoms with van der Waals surface area (Å²) in [6.45, 7) is 20.2. The van der Waals surface area contributed by atoms with Gasteiger partial charge in [-0.2, -0.15) is 13.2 Å². The summed E-state index contributed by atoms with van der Waals surface area (Å²) in [5, 5.41) is 9.41. The van der Waals surface area contributed by atoms with Gasteiger partial charge in [0.15, 0.2) is 0 Å². The van der Waals surface area contributed by atoms with Crippen LogP contribution in [0.5, 0.6) is 0 Å². The number of aromatic nitrogens is 1. The molecule has 35 heavy (non-hydrogen) atoms. The molecule has 7 heteroatoms. The van der Waals surface area contributed by atoms with Crippen molar-refractivity contribution >= 4 is 5.82 Å². The van der Waals surface area contributed by atoms with Crippen LogP contribution in [0, 0.1) is 17.3 Å². The lowest BCUT2D eigenvalue weighted by Crippen LogP contribution is -2.41. The number of nitrogens with zero attached hydrogens (tertiary/aromatic N) is 1. The van der Waals surface area contributed by atoms with Gasteiger partial charge in [0, 0.05) is 23.3 Å². The molecule has 0 unspecified atom stereocenters. The molecule has 0 aliphatic heterocycles. The van der Waals surface area contributed by atoms with Gasteiger partial charge in [-0.1, -0.05) is 60.3 Å². The van der Waals surface area contributed by atoms with Crippen molar-refractivity contribution < 1.29 is 13.2 Å². The van der Waals surface area contributed by atoms with Crippen LogP contribution in [0.15, 0.2) is 55.2 Å². The van der Waals surface area contributed by atoms with Crippen molar-refractivity contribution in [3.05, 3.63) is 60.7 Å². The number of allylic oxidation sites excluding steroid dienone is 2. The van der Waals surface area contributed by atoms with Gasteiger partial charge in [-0.15, -0.1) is 0 Å². The summed E-state index contributed by atoms with van der Waals surface area (Å²) < 4.78 is 37.2. The quantitative estimate of drug-likeness (QED) is 0.286. The molecule has 0 bridgehead atoms. The predicted molar refractivity (Wildman–Crippen MR) is 140 cm³/mol. The molecule has 196 valence electrons. The van der Waals surface area contributed by atoms with Crippen LogP contribution in [0.3, 0.4) is 0 Å². The zero-order valence-corrected chi connectivity index (χ0v) is 21.8. The van der Waals surface area contributed by atoms with Crippen molar-refractivity contribution in [1.82, 2.24) is 15.6 Å². The van der Waals surface area contributed by atoms with Gasteiger partial charge in [0.05, 0.1) is 6.04 Å². The Morgan fingerprint density at radius 1 is 1.09 bits per heavy atom. The molecule has 0 spiro atoms. The molecule has 2 rings (SSSR count). The molecule has 1 saturated carbocycles. The largest absolute Gasteiger partial charge is 0.405 e. The number of halogens is 3. The number of hydrogen-bond acceptors (Lipinski definition) is 4. The normalized spacial score (nSPS) is 19.5. The van der Waals surface area contributed by atoms with E-state index >= 15 is 0 Å². The topological polar surface area (TPSA) is 49.0 Å². The van der Waals surface area contributed by atoms with Crippen molar-refractivity contribution in [3.63, 3.8) is 0 Å². The Morgan fingerprint density at radius 2 is 1.74 bits per heavy atom. The lowest BCUT2D eigenvalue weighted by atomic mass is 9.78. The number of rotatable bonds is 12. The number of alkyl halides is 3. The van der Waals surface area contributed by atoms with E-state index in [4.69, 9.17) is 0 Å². The maximum atomic E-state index is 12.4. The molecule has 0 radical (unpaired) electrons. The van der Waals surface area contributed by atoms with Gasteiger partial charge in [-0.05, 0) is 67.1 Å². The van der Waals surface area contributed by atoms with E-state index in [1.807, 2.05) is 12.1 Å². The highest BCUT2D eigenvalue weighted by atomic mass is 19.4. The molecular weight excluding hydrogens is 449 g/mol. The maximum absolute atomic E-state index is 12.4. The van der Waals surface area contributed by atoms with Gasteiger partial charge in [0.25, 0.3) is 0 Å². The monoisotopic (exact) mass is 492 g/mol. The number of anilines is 1. The van der Waals surface area contributed by atoms with Gasteiger partial charge in [0.1, 0.15) is 12.4 Å². The summed E-state index contributed by atoms with van der Waals surface area (Å²) in [4.78, 5) is 4.44. The maximum Gasteiger partial charge on any atom is 0.405 e. The molecule has 0 aromatic carbocycles. The standard InChI is InChI=1S/C28H43F3N4/c1-19-8-12-24(13-9-19)26(34-21(3)17-27(5,6)7)22(4)35-25-16-23(14-15-32-25)11-10-20(2)33-18-28(29,30)31/h14-16,19,24,26,33-34H,2-4,8-13,17-18H2,1,5-7H3,(H,32,35)/t19?,24?,26-/m1/s1. The third kappa shape index (κ3) is 11.2. The Bertz CT molecular complexity index is 862. The van der Waals surface area contributed by atoms with E-state index < -0.39 is 12.7 Å². The summed E-state index contributed by atoms with van der Waals surface area (Å²) in [6, 6.07) is 3.84. The number of pyridine rings is 1. The van der Waals surface area contributed by atoms with E-state index in [0.717, 1.165) is 42.1 Å². The first-order valence-electron chi connectivity index (χ1n) is 12.6. The Morgan fingerprint density at radius 3 is 2.34 bits per heavy atom. The summed E-state index contributed by atoms with van der Waals surface area (Å²) in [5.74, 6) is 1.90. The van der Waals surface area contributed by atoms with Crippen molar-refractivity contribution in [2.24, 2.45) is 17.3 Å². The molecule has 0 amide bonds. The average Bonchev–Trinajstić information content (AvgIpc) is 2.74. The number of aryl methyl sites for hydroxylation is 1. The second-order valence-electron chi connectivity index (χ2n) is 11.3. The number of nitrogens with one attached hydrogen (secondary N) is 3. The van der Waals surface area contributed by atoms with Gasteiger partial charge in [-0.25, -0.2) is 4.98 Å². The van der Waals surface area contributed by atoms with E-state index in [0.29, 0.717) is 30.3 Å². The van der Waals surface area contributed by atoms with Crippen molar-refractivity contribution in [1.29, 1.82) is 0 Å². The Labute approximate surface area is 209 Å². The highest BCUT2D eigenvalue weighted by molar-refractivity contribution is 5.44. The zero-order chi connectivity index (χ0) is 26.2. The minimum absolute atomic E-state index is 0.0501. The minimum Gasteiger partial charge on any atom is -0.380 e. The zero-order valence-electron chi connectivity index (χ0n) is 21.8. The molecule has 3 N–H and O–H groups in total. The minimum atomic E-state index is -4.25. The van der Waals surface area contributed by atoms with Gasteiger partial charge in [0.2, 0.25) is 0 Å². The fraction of sp³-hybridized carbons (Fsp3) is 0.607. The smallest absolute Gasteiger partial charge is 0.380 e. The molecule has 0 saturated heterocycles. The molecule has 1 fully saturated rings. The first kappa shape index (κ1) is 28.8. The van der Waals surface area contributed by atoms with E-state index in [1.54, 1.807) is 6.20 Å². The molecule has 4 nitrogen and oxygen atoms in total. The van der Waals surface area contributed by atoms with E-state index in [9.17, 15) is 13.2 Å². The Kier molecular flexibility index (Phi) is 10.3. The third-order valence-corrected chi connectivity index (χ3v) is 6.38. The summed E-state index contributed by atoms with van der Waals surface area (Å²) in [7, 11) is 0. The molecule has 1 heterocycles. The first-order chi connectivity index (χ1) is 16.2. The summed E-state index contributed by atoms with van der Waals surface area (Å²) >= 11 is 0. The molecule has 1 aromatic heterocycles. The molecule has 1 aliphatic rings. The Balaban J connectivity index is 2.02. The molecule has 1 aliphatic carbocycles. The van der Waals surface area contributed by atoms with E-state index in [-0.39, 0.29) is 11.5 Å². The highest BCUT2D eigenvalue weighted by Gasteiger charge is 2.29.